The summed E-state index contributed by atoms with van der Waals surface area (Å²) >= 11 is 0. The van der Waals surface area contributed by atoms with Crippen molar-refractivity contribution in [1.82, 2.24) is 5.32 Å². The molecule has 3 N–H and O–H groups in total. The molecule has 1 aliphatic rings. The number of amides is 2. The van der Waals surface area contributed by atoms with Crippen molar-refractivity contribution < 1.29 is 9.53 Å². The normalized spacial score (nSPS) is 21.6. The summed E-state index contributed by atoms with van der Waals surface area (Å²) in [4.78, 5) is 11.0. The van der Waals surface area contributed by atoms with E-state index >= 15 is 0 Å². The first-order chi connectivity index (χ1) is 7.77. The van der Waals surface area contributed by atoms with Crippen LogP contribution in [-0.4, -0.2) is 18.7 Å². The number of carbonyl (C=O) groups is 1. The number of nitrogens with two attached hydrogens (primary N) is 1. The Morgan fingerprint density at radius 2 is 2.19 bits per heavy atom. The minimum Gasteiger partial charge on any atom is -0.376 e. The highest BCUT2D eigenvalue weighted by atomic mass is 16.5. The van der Waals surface area contributed by atoms with Gasteiger partial charge in [-0.3, -0.25) is 0 Å². The molecule has 1 saturated heterocycles. The molecule has 2 rings (SSSR count). The quantitative estimate of drug-likeness (QED) is 0.812. The number of benzene rings is 1. The second kappa shape index (κ2) is 4.99. The lowest BCUT2D eigenvalue weighted by Gasteiger charge is -2.23. The first-order valence-corrected chi connectivity index (χ1v) is 5.50. The van der Waals surface area contributed by atoms with E-state index in [1.807, 2.05) is 30.3 Å². The predicted molar refractivity (Wildman–Crippen MR) is 60.9 cm³/mol. The molecule has 1 aromatic carbocycles. The van der Waals surface area contributed by atoms with Gasteiger partial charge in [0.1, 0.15) is 0 Å². The summed E-state index contributed by atoms with van der Waals surface area (Å²) < 4.78 is 5.60. The molecule has 0 aromatic heterocycles. The van der Waals surface area contributed by atoms with E-state index in [1.54, 1.807) is 0 Å². The lowest BCUT2D eigenvalue weighted by molar-refractivity contribution is 0.0813. The zero-order valence-corrected chi connectivity index (χ0v) is 9.06. The number of primary amides is 1. The molecule has 1 fully saturated rings. The van der Waals surface area contributed by atoms with Crippen LogP contribution in [0, 0.1) is 0 Å². The number of urea groups is 1. The van der Waals surface area contributed by atoms with Crippen LogP contribution in [0.5, 0.6) is 0 Å². The van der Waals surface area contributed by atoms with Gasteiger partial charge in [0.15, 0.2) is 0 Å². The molecule has 0 unspecified atom stereocenters. The van der Waals surface area contributed by atoms with E-state index < -0.39 is 6.03 Å². The van der Waals surface area contributed by atoms with Gasteiger partial charge in [-0.2, -0.15) is 0 Å². The number of carbonyl (C=O) groups excluding carboxylic acids is 1. The summed E-state index contributed by atoms with van der Waals surface area (Å²) in [5, 5.41) is 2.75. The highest BCUT2D eigenvalue weighted by Crippen LogP contribution is 2.26. The molecule has 0 spiro atoms. The predicted octanol–water partition coefficient (Wildman–Crippen LogP) is 1.57. The largest absolute Gasteiger partial charge is 0.376 e. The summed E-state index contributed by atoms with van der Waals surface area (Å²) in [7, 11) is 0. The third-order valence-corrected chi connectivity index (χ3v) is 2.79. The van der Waals surface area contributed by atoms with Crippen molar-refractivity contribution in [2.24, 2.45) is 5.73 Å². The Hall–Kier alpha value is -1.55. The minimum atomic E-state index is -0.510. The van der Waals surface area contributed by atoms with E-state index in [0.29, 0.717) is 0 Å². The fourth-order valence-corrected chi connectivity index (χ4v) is 2.07. The standard InChI is InChI=1S/C12H16N2O2/c13-12(15)14-11(10-7-4-8-16-10)9-5-2-1-3-6-9/h1-3,5-6,10-11H,4,7-8H2,(H3,13,14,15)/t10-,11-/m1/s1. The zero-order valence-electron chi connectivity index (χ0n) is 9.06. The molecule has 1 heterocycles. The first-order valence-electron chi connectivity index (χ1n) is 5.50. The monoisotopic (exact) mass is 220 g/mol. The van der Waals surface area contributed by atoms with Crippen molar-refractivity contribution in [3.05, 3.63) is 35.9 Å². The Bertz CT molecular complexity index is 347. The van der Waals surface area contributed by atoms with Crippen LogP contribution in [0.4, 0.5) is 4.79 Å². The maximum absolute atomic E-state index is 11.0. The van der Waals surface area contributed by atoms with Gasteiger partial charge < -0.3 is 15.8 Å². The van der Waals surface area contributed by atoms with Crippen LogP contribution in [0.15, 0.2) is 30.3 Å². The average Bonchev–Trinajstić information content (AvgIpc) is 2.80. The fourth-order valence-electron chi connectivity index (χ4n) is 2.07. The second-order valence-electron chi connectivity index (χ2n) is 3.95. The number of rotatable bonds is 3. The van der Waals surface area contributed by atoms with Crippen LogP contribution >= 0.6 is 0 Å². The molecule has 0 bridgehead atoms. The van der Waals surface area contributed by atoms with Gasteiger partial charge in [-0.05, 0) is 18.4 Å². The lowest BCUT2D eigenvalue weighted by atomic mass is 9.99. The minimum absolute atomic E-state index is 0.0369. The summed E-state index contributed by atoms with van der Waals surface area (Å²) in [6.07, 6.45) is 2.03. The number of hydrogen-bond donors (Lipinski definition) is 2. The van der Waals surface area contributed by atoms with E-state index in [9.17, 15) is 4.79 Å². The van der Waals surface area contributed by atoms with Crippen LogP contribution in [-0.2, 0) is 4.74 Å². The van der Waals surface area contributed by atoms with E-state index in [-0.39, 0.29) is 12.1 Å². The van der Waals surface area contributed by atoms with Crippen molar-refractivity contribution in [3.63, 3.8) is 0 Å². The van der Waals surface area contributed by atoms with Crippen LogP contribution in [0.2, 0.25) is 0 Å². The highest BCUT2D eigenvalue weighted by Gasteiger charge is 2.27. The van der Waals surface area contributed by atoms with Crippen molar-refractivity contribution in [2.75, 3.05) is 6.61 Å². The molecule has 4 heteroatoms. The van der Waals surface area contributed by atoms with E-state index in [4.69, 9.17) is 10.5 Å². The van der Waals surface area contributed by atoms with E-state index in [0.717, 1.165) is 25.0 Å². The van der Waals surface area contributed by atoms with Gasteiger partial charge in [0.25, 0.3) is 0 Å². The van der Waals surface area contributed by atoms with Crippen LogP contribution in [0.25, 0.3) is 0 Å². The van der Waals surface area contributed by atoms with Crippen molar-refractivity contribution >= 4 is 6.03 Å². The molecule has 0 aliphatic carbocycles. The van der Waals surface area contributed by atoms with E-state index in [1.165, 1.54) is 0 Å². The smallest absolute Gasteiger partial charge is 0.312 e. The fraction of sp³-hybridized carbons (Fsp3) is 0.417. The highest BCUT2D eigenvalue weighted by molar-refractivity contribution is 5.72. The van der Waals surface area contributed by atoms with Crippen LogP contribution in [0.3, 0.4) is 0 Å². The van der Waals surface area contributed by atoms with Gasteiger partial charge in [-0.1, -0.05) is 30.3 Å². The maximum Gasteiger partial charge on any atom is 0.312 e. The Labute approximate surface area is 94.8 Å². The molecular formula is C12H16N2O2. The number of nitrogens with one attached hydrogen (secondary N) is 1. The molecular weight excluding hydrogens is 204 g/mol. The molecule has 86 valence electrons. The topological polar surface area (TPSA) is 64.4 Å². The molecule has 0 radical (unpaired) electrons. The Kier molecular flexibility index (Phi) is 3.41. The Balaban J connectivity index is 2.16. The van der Waals surface area contributed by atoms with Crippen LogP contribution < -0.4 is 11.1 Å². The van der Waals surface area contributed by atoms with Gasteiger partial charge in [0.05, 0.1) is 12.1 Å². The molecule has 0 saturated carbocycles. The van der Waals surface area contributed by atoms with Gasteiger partial charge in [-0.15, -0.1) is 0 Å². The molecule has 4 nitrogen and oxygen atoms in total. The summed E-state index contributed by atoms with van der Waals surface area (Å²) in [6, 6.07) is 9.13. The SMILES string of the molecule is NC(=O)N[C@H](c1ccccc1)[C@H]1CCCO1. The third-order valence-electron chi connectivity index (χ3n) is 2.79. The number of ether oxygens (including phenoxy) is 1. The van der Waals surface area contributed by atoms with Crippen molar-refractivity contribution in [1.29, 1.82) is 0 Å². The number of hydrogen-bond acceptors (Lipinski definition) is 2. The summed E-state index contributed by atoms with van der Waals surface area (Å²) in [5.41, 5.74) is 6.23. The van der Waals surface area contributed by atoms with Gasteiger partial charge in [0, 0.05) is 6.61 Å². The molecule has 1 aliphatic heterocycles. The average molecular weight is 220 g/mol. The molecule has 2 atom stereocenters. The third kappa shape index (κ3) is 2.52. The first kappa shape index (κ1) is 11.0. The van der Waals surface area contributed by atoms with Crippen LogP contribution in [0.1, 0.15) is 24.4 Å². The van der Waals surface area contributed by atoms with E-state index in [2.05, 4.69) is 5.32 Å². The van der Waals surface area contributed by atoms with Gasteiger partial charge in [-0.25, -0.2) is 4.79 Å². The molecule has 2 amide bonds. The van der Waals surface area contributed by atoms with Gasteiger partial charge >= 0.3 is 6.03 Å². The summed E-state index contributed by atoms with van der Waals surface area (Å²) in [5.74, 6) is 0. The Morgan fingerprint density at radius 1 is 1.44 bits per heavy atom. The Morgan fingerprint density at radius 3 is 2.75 bits per heavy atom. The lowest BCUT2D eigenvalue weighted by Crippen LogP contribution is -2.39. The second-order valence-corrected chi connectivity index (χ2v) is 3.95. The maximum atomic E-state index is 11.0. The van der Waals surface area contributed by atoms with Crippen molar-refractivity contribution in [2.45, 2.75) is 25.0 Å². The van der Waals surface area contributed by atoms with Crippen molar-refractivity contribution in [3.8, 4) is 0 Å². The summed E-state index contributed by atoms with van der Waals surface area (Å²) in [6.45, 7) is 0.758. The molecule has 1 aromatic rings. The zero-order chi connectivity index (χ0) is 11.4. The van der Waals surface area contributed by atoms with Gasteiger partial charge in [0.2, 0.25) is 0 Å². The molecule has 16 heavy (non-hydrogen) atoms.